The summed E-state index contributed by atoms with van der Waals surface area (Å²) in [7, 11) is 0. The second-order valence-corrected chi connectivity index (χ2v) is 6.81. The number of amides is 1. The van der Waals surface area contributed by atoms with E-state index in [9.17, 15) is 4.79 Å². The first-order valence-electron chi connectivity index (χ1n) is 8.19. The fourth-order valence-electron chi connectivity index (χ4n) is 2.33. The predicted molar refractivity (Wildman–Crippen MR) is 102 cm³/mol. The van der Waals surface area contributed by atoms with E-state index in [-0.39, 0.29) is 12.3 Å². The fraction of sp³-hybridized carbons (Fsp3) is 0.300. The van der Waals surface area contributed by atoms with E-state index in [0.717, 1.165) is 21.9 Å². The van der Waals surface area contributed by atoms with Crippen molar-refractivity contribution >= 4 is 23.4 Å². The van der Waals surface area contributed by atoms with Gasteiger partial charge in [0, 0.05) is 17.1 Å². The third-order valence-corrected chi connectivity index (χ3v) is 4.62. The van der Waals surface area contributed by atoms with Gasteiger partial charge < -0.3 is 10.1 Å². The molecule has 0 aliphatic carbocycles. The number of para-hydroxylation sites is 1. The zero-order chi connectivity index (χ0) is 18.1. The average Bonchev–Trinajstić information content (AvgIpc) is 2.58. The van der Waals surface area contributed by atoms with Crippen molar-refractivity contribution in [1.29, 1.82) is 5.26 Å². The van der Waals surface area contributed by atoms with E-state index in [1.165, 1.54) is 5.56 Å². The van der Waals surface area contributed by atoms with Gasteiger partial charge in [0.2, 0.25) is 5.91 Å². The lowest BCUT2D eigenvalue weighted by atomic mass is 10.1. The molecule has 0 unspecified atom stereocenters. The number of nitrogens with one attached hydrogen (secondary N) is 1. The van der Waals surface area contributed by atoms with Crippen molar-refractivity contribution in [2.45, 2.75) is 31.6 Å². The largest absolute Gasteiger partial charge is 0.493 e. The standard InChI is InChI=1S/C20H22N2O2S/c1-15-8-9-18(16(2)14-15)24-12-10-20(23)22-17-6-3-4-7-19(17)25-13-5-11-21/h3-4,6-9,14H,5,10,12-13H2,1-2H3,(H,22,23). The van der Waals surface area contributed by atoms with Crippen LogP contribution in [0.4, 0.5) is 5.69 Å². The highest BCUT2D eigenvalue weighted by molar-refractivity contribution is 7.99. The van der Waals surface area contributed by atoms with Crippen LogP contribution in [0.1, 0.15) is 24.0 Å². The molecule has 0 atom stereocenters. The number of hydrogen-bond acceptors (Lipinski definition) is 4. The Morgan fingerprint density at radius 3 is 2.80 bits per heavy atom. The minimum absolute atomic E-state index is 0.0851. The van der Waals surface area contributed by atoms with Crippen LogP contribution in [0.3, 0.4) is 0 Å². The third-order valence-electron chi connectivity index (χ3n) is 3.55. The molecule has 2 aromatic rings. The van der Waals surface area contributed by atoms with Gasteiger partial charge >= 0.3 is 0 Å². The maximum Gasteiger partial charge on any atom is 0.227 e. The number of nitrogens with zero attached hydrogens (tertiary/aromatic N) is 1. The lowest BCUT2D eigenvalue weighted by Crippen LogP contribution is -2.15. The quantitative estimate of drug-likeness (QED) is 0.550. The first kappa shape index (κ1) is 18.9. The van der Waals surface area contributed by atoms with Crippen LogP contribution in [-0.2, 0) is 4.79 Å². The normalized spacial score (nSPS) is 10.1. The summed E-state index contributed by atoms with van der Waals surface area (Å²) < 4.78 is 5.71. The first-order chi connectivity index (χ1) is 12.1. The molecule has 1 N–H and O–H groups in total. The number of hydrogen-bond donors (Lipinski definition) is 1. The Hall–Kier alpha value is -2.45. The second-order valence-electron chi connectivity index (χ2n) is 5.67. The molecule has 0 saturated heterocycles. The highest BCUT2D eigenvalue weighted by Crippen LogP contribution is 2.27. The topological polar surface area (TPSA) is 62.1 Å². The Balaban J connectivity index is 1.85. The molecule has 0 aliphatic heterocycles. The summed E-state index contributed by atoms with van der Waals surface area (Å²) in [5.41, 5.74) is 3.04. The van der Waals surface area contributed by atoms with Crippen molar-refractivity contribution in [2.24, 2.45) is 0 Å². The predicted octanol–water partition coefficient (Wildman–Crippen LogP) is 4.72. The van der Waals surface area contributed by atoms with E-state index in [1.807, 2.05) is 50.2 Å². The van der Waals surface area contributed by atoms with Gasteiger partial charge in [-0.05, 0) is 37.6 Å². The molecule has 0 bridgehead atoms. The number of aryl methyl sites for hydroxylation is 2. The summed E-state index contributed by atoms with van der Waals surface area (Å²) in [6, 6.07) is 15.7. The zero-order valence-corrected chi connectivity index (χ0v) is 15.4. The zero-order valence-electron chi connectivity index (χ0n) is 14.5. The number of benzene rings is 2. The van der Waals surface area contributed by atoms with Gasteiger partial charge in [-0.2, -0.15) is 5.26 Å². The van der Waals surface area contributed by atoms with Crippen LogP contribution in [0.5, 0.6) is 5.75 Å². The number of carbonyl (C=O) groups excluding carboxylic acids is 1. The van der Waals surface area contributed by atoms with E-state index in [2.05, 4.69) is 17.5 Å². The number of thioether (sulfide) groups is 1. The Morgan fingerprint density at radius 1 is 1.24 bits per heavy atom. The highest BCUT2D eigenvalue weighted by atomic mass is 32.2. The lowest BCUT2D eigenvalue weighted by molar-refractivity contribution is -0.116. The van der Waals surface area contributed by atoms with E-state index in [4.69, 9.17) is 10.00 Å². The van der Waals surface area contributed by atoms with Gasteiger partial charge in [-0.15, -0.1) is 11.8 Å². The first-order valence-corrected chi connectivity index (χ1v) is 9.17. The van der Waals surface area contributed by atoms with Crippen LogP contribution in [0.2, 0.25) is 0 Å². The number of rotatable bonds is 8. The molecular weight excluding hydrogens is 332 g/mol. The van der Waals surface area contributed by atoms with Crippen LogP contribution < -0.4 is 10.1 Å². The minimum atomic E-state index is -0.0851. The van der Waals surface area contributed by atoms with Gasteiger partial charge in [-0.25, -0.2) is 0 Å². The molecule has 0 aliphatic rings. The van der Waals surface area contributed by atoms with Gasteiger partial charge in [0.1, 0.15) is 5.75 Å². The summed E-state index contributed by atoms with van der Waals surface area (Å²) >= 11 is 1.57. The summed E-state index contributed by atoms with van der Waals surface area (Å²) in [5, 5.41) is 11.6. The minimum Gasteiger partial charge on any atom is -0.493 e. The highest BCUT2D eigenvalue weighted by Gasteiger charge is 2.08. The third kappa shape index (κ3) is 6.17. The number of nitriles is 1. The van der Waals surface area contributed by atoms with Crippen molar-refractivity contribution in [3.05, 3.63) is 53.6 Å². The van der Waals surface area contributed by atoms with Gasteiger partial charge in [0.05, 0.1) is 24.8 Å². The molecule has 0 radical (unpaired) electrons. The van der Waals surface area contributed by atoms with E-state index in [1.54, 1.807) is 11.8 Å². The maximum absolute atomic E-state index is 12.2. The number of ether oxygens (including phenoxy) is 1. The van der Waals surface area contributed by atoms with Crippen molar-refractivity contribution < 1.29 is 9.53 Å². The molecule has 2 rings (SSSR count). The average molecular weight is 354 g/mol. The van der Waals surface area contributed by atoms with E-state index >= 15 is 0 Å². The van der Waals surface area contributed by atoms with Gasteiger partial charge in [-0.3, -0.25) is 4.79 Å². The molecule has 0 heterocycles. The summed E-state index contributed by atoms with van der Waals surface area (Å²) in [5.74, 6) is 1.43. The molecular formula is C20H22N2O2S. The molecule has 0 spiro atoms. The fourth-order valence-corrected chi connectivity index (χ4v) is 3.19. The number of carbonyl (C=O) groups is 1. The maximum atomic E-state index is 12.2. The number of anilines is 1. The smallest absolute Gasteiger partial charge is 0.227 e. The van der Waals surface area contributed by atoms with Crippen LogP contribution in [0.15, 0.2) is 47.4 Å². The van der Waals surface area contributed by atoms with Crippen molar-refractivity contribution in [3.63, 3.8) is 0 Å². The van der Waals surface area contributed by atoms with Gasteiger partial charge in [0.25, 0.3) is 0 Å². The molecule has 0 fully saturated rings. The van der Waals surface area contributed by atoms with E-state index in [0.29, 0.717) is 18.8 Å². The SMILES string of the molecule is Cc1ccc(OCCC(=O)Nc2ccccc2SCCC#N)c(C)c1. The van der Waals surface area contributed by atoms with Crippen molar-refractivity contribution in [1.82, 2.24) is 0 Å². The Morgan fingerprint density at radius 2 is 2.04 bits per heavy atom. The lowest BCUT2D eigenvalue weighted by Gasteiger charge is -2.12. The van der Waals surface area contributed by atoms with Crippen LogP contribution in [0, 0.1) is 25.2 Å². The molecule has 1 amide bonds. The van der Waals surface area contributed by atoms with Crippen LogP contribution in [0.25, 0.3) is 0 Å². The molecule has 0 saturated carbocycles. The summed E-state index contributed by atoms with van der Waals surface area (Å²) in [4.78, 5) is 13.1. The Labute approximate surface area is 153 Å². The molecule has 4 nitrogen and oxygen atoms in total. The molecule has 25 heavy (non-hydrogen) atoms. The van der Waals surface area contributed by atoms with Gasteiger partial charge in [-0.1, -0.05) is 29.8 Å². The van der Waals surface area contributed by atoms with Gasteiger partial charge in [0.15, 0.2) is 0 Å². The van der Waals surface area contributed by atoms with Crippen molar-refractivity contribution in [3.8, 4) is 11.8 Å². The summed E-state index contributed by atoms with van der Waals surface area (Å²) in [6.07, 6.45) is 0.765. The molecule has 2 aromatic carbocycles. The van der Waals surface area contributed by atoms with Crippen LogP contribution >= 0.6 is 11.8 Å². The Kier molecular flexibility index (Phi) is 7.36. The second kappa shape index (κ2) is 9.75. The molecule has 5 heteroatoms. The Bertz CT molecular complexity index is 769. The monoisotopic (exact) mass is 354 g/mol. The van der Waals surface area contributed by atoms with Crippen LogP contribution in [-0.4, -0.2) is 18.3 Å². The van der Waals surface area contributed by atoms with E-state index < -0.39 is 0 Å². The molecule has 0 aromatic heterocycles. The van der Waals surface area contributed by atoms with Crippen molar-refractivity contribution in [2.75, 3.05) is 17.7 Å². The molecule has 130 valence electrons. The summed E-state index contributed by atoms with van der Waals surface area (Å²) in [6.45, 7) is 4.37.